The van der Waals surface area contributed by atoms with Gasteiger partial charge in [0.05, 0.1) is 12.0 Å². The summed E-state index contributed by atoms with van der Waals surface area (Å²) in [6, 6.07) is 12.9. The van der Waals surface area contributed by atoms with Crippen LogP contribution < -0.4 is 4.74 Å². The molecule has 0 aromatic heterocycles. The van der Waals surface area contributed by atoms with Crippen molar-refractivity contribution < 1.29 is 13.2 Å². The summed E-state index contributed by atoms with van der Waals surface area (Å²) < 4.78 is 32.5. The van der Waals surface area contributed by atoms with Gasteiger partial charge in [-0.15, -0.1) is 0 Å². The molecule has 0 N–H and O–H groups in total. The zero-order valence-electron chi connectivity index (χ0n) is 15.0. The zero-order chi connectivity index (χ0) is 18.7. The molecule has 0 spiro atoms. The maximum atomic E-state index is 12.8. The van der Waals surface area contributed by atoms with E-state index in [-0.39, 0.29) is 4.90 Å². The lowest BCUT2D eigenvalue weighted by molar-refractivity contribution is 0.181. The summed E-state index contributed by atoms with van der Waals surface area (Å²) >= 11 is 6.10. The van der Waals surface area contributed by atoms with Crippen LogP contribution in [0.15, 0.2) is 47.4 Å². The average molecular weight is 395 g/mol. The molecule has 0 atom stereocenters. The smallest absolute Gasteiger partial charge is 0.243 e. The standard InChI is InChI=1S/C19H23ClN2O3S/c1-15-6-7-18(13-19(15)20)26(23,24)22-10-8-21(9-11-22)14-16-4-3-5-17(12-16)25-2/h3-7,12-13H,8-11,14H2,1-2H3. The summed E-state index contributed by atoms with van der Waals surface area (Å²) in [5.41, 5.74) is 2.03. The van der Waals surface area contributed by atoms with Gasteiger partial charge in [0.2, 0.25) is 10.0 Å². The van der Waals surface area contributed by atoms with Crippen molar-refractivity contribution in [3.63, 3.8) is 0 Å². The molecule has 2 aromatic rings. The second-order valence-electron chi connectivity index (χ2n) is 6.44. The van der Waals surface area contributed by atoms with Crippen molar-refractivity contribution in [3.05, 3.63) is 58.6 Å². The number of hydrogen-bond acceptors (Lipinski definition) is 4. The Morgan fingerprint density at radius 2 is 1.81 bits per heavy atom. The summed E-state index contributed by atoms with van der Waals surface area (Å²) in [5, 5.41) is 0.475. The van der Waals surface area contributed by atoms with Crippen LogP contribution in [0.5, 0.6) is 5.75 Å². The molecular weight excluding hydrogens is 372 g/mol. The number of halogens is 1. The fourth-order valence-corrected chi connectivity index (χ4v) is 4.73. The van der Waals surface area contributed by atoms with E-state index in [9.17, 15) is 8.42 Å². The number of aryl methyl sites for hydroxylation is 1. The van der Waals surface area contributed by atoms with Gasteiger partial charge in [-0.25, -0.2) is 8.42 Å². The lowest BCUT2D eigenvalue weighted by atomic mass is 10.2. The number of benzene rings is 2. The second-order valence-corrected chi connectivity index (χ2v) is 8.79. The zero-order valence-corrected chi connectivity index (χ0v) is 16.6. The predicted octanol–water partition coefficient (Wildman–Crippen LogP) is 3.16. The van der Waals surface area contributed by atoms with E-state index in [0.29, 0.717) is 31.2 Å². The number of rotatable bonds is 5. The molecule has 7 heteroatoms. The lowest BCUT2D eigenvalue weighted by Gasteiger charge is -2.34. The fourth-order valence-electron chi connectivity index (χ4n) is 3.04. The molecule has 1 aliphatic rings. The van der Waals surface area contributed by atoms with E-state index in [4.69, 9.17) is 16.3 Å². The molecule has 1 saturated heterocycles. The van der Waals surface area contributed by atoms with Crippen molar-refractivity contribution in [1.82, 2.24) is 9.21 Å². The first-order valence-corrected chi connectivity index (χ1v) is 10.3. The topological polar surface area (TPSA) is 49.9 Å². The Morgan fingerprint density at radius 1 is 1.08 bits per heavy atom. The molecule has 0 bridgehead atoms. The molecule has 5 nitrogen and oxygen atoms in total. The number of methoxy groups -OCH3 is 1. The van der Waals surface area contributed by atoms with E-state index in [1.165, 1.54) is 10.4 Å². The van der Waals surface area contributed by atoms with Gasteiger partial charge >= 0.3 is 0 Å². The van der Waals surface area contributed by atoms with Gasteiger partial charge in [0.15, 0.2) is 0 Å². The quantitative estimate of drug-likeness (QED) is 0.781. The highest BCUT2D eigenvalue weighted by atomic mass is 35.5. The Labute approximate surface area is 160 Å². The van der Waals surface area contributed by atoms with Crippen molar-refractivity contribution in [3.8, 4) is 5.75 Å². The van der Waals surface area contributed by atoms with Crippen LogP contribution in [0.1, 0.15) is 11.1 Å². The number of hydrogen-bond donors (Lipinski definition) is 0. The average Bonchev–Trinajstić information content (AvgIpc) is 2.64. The van der Waals surface area contributed by atoms with Crippen LogP contribution >= 0.6 is 11.6 Å². The molecule has 0 aliphatic carbocycles. The summed E-state index contributed by atoms with van der Waals surface area (Å²) in [5.74, 6) is 0.833. The van der Waals surface area contributed by atoms with Crippen LogP contribution in [0, 0.1) is 6.92 Å². The summed E-state index contributed by atoms with van der Waals surface area (Å²) in [6.07, 6.45) is 0. The Morgan fingerprint density at radius 3 is 2.46 bits per heavy atom. The van der Waals surface area contributed by atoms with Crippen LogP contribution in [0.25, 0.3) is 0 Å². The minimum absolute atomic E-state index is 0.259. The van der Waals surface area contributed by atoms with E-state index in [1.54, 1.807) is 19.2 Å². The Kier molecular flexibility index (Phi) is 5.87. The largest absolute Gasteiger partial charge is 0.497 e. The lowest BCUT2D eigenvalue weighted by Crippen LogP contribution is -2.48. The van der Waals surface area contributed by atoms with E-state index in [1.807, 2.05) is 25.1 Å². The molecule has 1 heterocycles. The highest BCUT2D eigenvalue weighted by Gasteiger charge is 2.28. The SMILES string of the molecule is COc1cccc(CN2CCN(S(=O)(=O)c3ccc(C)c(Cl)c3)CC2)c1. The summed E-state index contributed by atoms with van der Waals surface area (Å²) in [6.45, 7) is 4.96. The van der Waals surface area contributed by atoms with Gasteiger partial charge in [-0.3, -0.25) is 4.90 Å². The Hall–Kier alpha value is -1.60. The molecule has 0 radical (unpaired) electrons. The highest BCUT2D eigenvalue weighted by Crippen LogP contribution is 2.24. The molecule has 26 heavy (non-hydrogen) atoms. The molecule has 1 fully saturated rings. The Bertz CT molecular complexity index is 878. The number of nitrogens with zero attached hydrogens (tertiary/aromatic N) is 2. The van der Waals surface area contributed by atoms with Gasteiger partial charge in [-0.1, -0.05) is 29.8 Å². The maximum absolute atomic E-state index is 12.8. The first-order valence-electron chi connectivity index (χ1n) is 8.52. The van der Waals surface area contributed by atoms with Crippen LogP contribution in [0.4, 0.5) is 0 Å². The number of ether oxygens (including phenoxy) is 1. The first kappa shape index (κ1) is 19.2. The van der Waals surface area contributed by atoms with Gasteiger partial charge in [0.1, 0.15) is 5.75 Å². The third kappa shape index (κ3) is 4.20. The predicted molar refractivity (Wildman–Crippen MR) is 103 cm³/mol. The van der Waals surface area contributed by atoms with Gasteiger partial charge in [-0.2, -0.15) is 4.31 Å². The summed E-state index contributed by atoms with van der Waals surface area (Å²) in [4.78, 5) is 2.51. The van der Waals surface area contributed by atoms with E-state index in [0.717, 1.165) is 23.4 Å². The van der Waals surface area contributed by atoms with Crippen LogP contribution in [-0.2, 0) is 16.6 Å². The van der Waals surface area contributed by atoms with Gasteiger partial charge in [-0.05, 0) is 42.3 Å². The normalized spacial score (nSPS) is 16.6. The molecular formula is C19H23ClN2O3S. The van der Waals surface area contributed by atoms with E-state index in [2.05, 4.69) is 11.0 Å². The third-order valence-electron chi connectivity index (χ3n) is 4.65. The first-order chi connectivity index (χ1) is 12.4. The van der Waals surface area contributed by atoms with Gasteiger partial charge in [0.25, 0.3) is 0 Å². The van der Waals surface area contributed by atoms with Crippen molar-refractivity contribution in [2.45, 2.75) is 18.4 Å². The van der Waals surface area contributed by atoms with Crippen LogP contribution in [-0.4, -0.2) is 50.9 Å². The van der Waals surface area contributed by atoms with E-state index >= 15 is 0 Å². The van der Waals surface area contributed by atoms with Crippen molar-refractivity contribution in [2.75, 3.05) is 33.3 Å². The highest BCUT2D eigenvalue weighted by molar-refractivity contribution is 7.89. The monoisotopic (exact) mass is 394 g/mol. The van der Waals surface area contributed by atoms with Gasteiger partial charge < -0.3 is 4.74 Å². The molecule has 1 aliphatic heterocycles. The van der Waals surface area contributed by atoms with Gasteiger partial charge in [0, 0.05) is 37.7 Å². The number of piperazine rings is 1. The molecule has 0 saturated carbocycles. The minimum Gasteiger partial charge on any atom is -0.497 e. The molecule has 140 valence electrons. The molecule has 3 rings (SSSR count). The molecule has 0 unspecified atom stereocenters. The molecule has 2 aromatic carbocycles. The fraction of sp³-hybridized carbons (Fsp3) is 0.368. The number of sulfonamides is 1. The van der Waals surface area contributed by atoms with Crippen LogP contribution in [0.2, 0.25) is 5.02 Å². The van der Waals surface area contributed by atoms with Crippen molar-refractivity contribution in [2.24, 2.45) is 0 Å². The minimum atomic E-state index is -3.51. The Balaban J connectivity index is 1.64. The van der Waals surface area contributed by atoms with Crippen molar-refractivity contribution in [1.29, 1.82) is 0 Å². The summed E-state index contributed by atoms with van der Waals surface area (Å²) in [7, 11) is -1.85. The maximum Gasteiger partial charge on any atom is 0.243 e. The van der Waals surface area contributed by atoms with E-state index < -0.39 is 10.0 Å². The third-order valence-corrected chi connectivity index (χ3v) is 6.95. The van der Waals surface area contributed by atoms with Crippen molar-refractivity contribution >= 4 is 21.6 Å². The second kappa shape index (κ2) is 7.96. The van der Waals surface area contributed by atoms with Crippen LogP contribution in [0.3, 0.4) is 0 Å². The molecule has 0 amide bonds.